The quantitative estimate of drug-likeness (QED) is 0.416. The minimum Gasteiger partial charge on any atom is -0.496 e. The maximum atomic E-state index is 8.93. The summed E-state index contributed by atoms with van der Waals surface area (Å²) in [6.07, 6.45) is 7.97. The SMILES string of the molecule is COc1c(C)c(C)c(OC)c(C(CCCCCCCCO)c2ccccc2)c1C. The average molecular weight is 399 g/mol. The summed E-state index contributed by atoms with van der Waals surface area (Å²) in [6, 6.07) is 10.8. The van der Waals surface area contributed by atoms with E-state index in [1.54, 1.807) is 14.2 Å². The molecular formula is C26H38O3. The van der Waals surface area contributed by atoms with Gasteiger partial charge in [0.1, 0.15) is 11.5 Å². The third-order valence-electron chi connectivity index (χ3n) is 6.09. The van der Waals surface area contributed by atoms with Crippen LogP contribution in [0.2, 0.25) is 0 Å². The summed E-state index contributed by atoms with van der Waals surface area (Å²) >= 11 is 0. The first kappa shape index (κ1) is 23.3. The molecule has 29 heavy (non-hydrogen) atoms. The van der Waals surface area contributed by atoms with Gasteiger partial charge in [-0.15, -0.1) is 0 Å². The van der Waals surface area contributed by atoms with Crippen molar-refractivity contribution in [2.75, 3.05) is 20.8 Å². The highest BCUT2D eigenvalue weighted by molar-refractivity contribution is 5.60. The van der Waals surface area contributed by atoms with Crippen LogP contribution in [0.5, 0.6) is 11.5 Å². The van der Waals surface area contributed by atoms with Gasteiger partial charge in [-0.1, -0.05) is 62.4 Å². The summed E-state index contributed by atoms with van der Waals surface area (Å²) in [5.41, 5.74) is 6.10. The van der Waals surface area contributed by atoms with Gasteiger partial charge in [-0.05, 0) is 55.9 Å². The molecule has 0 aliphatic rings. The fraction of sp³-hybridized carbons (Fsp3) is 0.538. The second kappa shape index (κ2) is 11.9. The van der Waals surface area contributed by atoms with Crippen LogP contribution in [0.25, 0.3) is 0 Å². The maximum Gasteiger partial charge on any atom is 0.126 e. The number of methoxy groups -OCH3 is 2. The molecule has 0 saturated carbocycles. The van der Waals surface area contributed by atoms with Crippen LogP contribution in [0.4, 0.5) is 0 Å². The molecule has 0 fully saturated rings. The van der Waals surface area contributed by atoms with Crippen LogP contribution in [-0.4, -0.2) is 25.9 Å². The van der Waals surface area contributed by atoms with Crippen LogP contribution in [0, 0.1) is 20.8 Å². The Bertz CT molecular complexity index is 753. The molecule has 0 radical (unpaired) electrons. The highest BCUT2D eigenvalue weighted by Crippen LogP contribution is 2.45. The van der Waals surface area contributed by atoms with Crippen molar-refractivity contribution in [3.63, 3.8) is 0 Å². The number of ether oxygens (including phenoxy) is 2. The van der Waals surface area contributed by atoms with Crippen molar-refractivity contribution in [3.8, 4) is 11.5 Å². The average Bonchev–Trinajstić information content (AvgIpc) is 2.74. The van der Waals surface area contributed by atoms with E-state index in [2.05, 4.69) is 51.1 Å². The summed E-state index contributed by atoms with van der Waals surface area (Å²) < 4.78 is 11.7. The predicted molar refractivity (Wildman–Crippen MR) is 121 cm³/mol. The monoisotopic (exact) mass is 398 g/mol. The second-order valence-electron chi connectivity index (χ2n) is 7.95. The molecule has 0 aliphatic carbocycles. The Hall–Kier alpha value is -2.00. The van der Waals surface area contributed by atoms with E-state index in [4.69, 9.17) is 14.6 Å². The Morgan fingerprint density at radius 3 is 1.86 bits per heavy atom. The van der Waals surface area contributed by atoms with Gasteiger partial charge in [0.15, 0.2) is 0 Å². The van der Waals surface area contributed by atoms with Crippen molar-refractivity contribution in [1.29, 1.82) is 0 Å². The van der Waals surface area contributed by atoms with Gasteiger partial charge in [0.25, 0.3) is 0 Å². The van der Waals surface area contributed by atoms with Crippen LogP contribution in [0.15, 0.2) is 30.3 Å². The molecule has 0 aliphatic heterocycles. The Balaban J connectivity index is 2.33. The fourth-order valence-corrected chi connectivity index (χ4v) is 4.44. The highest BCUT2D eigenvalue weighted by Gasteiger charge is 2.26. The zero-order valence-electron chi connectivity index (χ0n) is 18.9. The van der Waals surface area contributed by atoms with E-state index in [-0.39, 0.29) is 5.92 Å². The smallest absolute Gasteiger partial charge is 0.126 e. The van der Waals surface area contributed by atoms with E-state index in [0.29, 0.717) is 6.61 Å². The minimum atomic E-state index is 0.289. The van der Waals surface area contributed by atoms with E-state index in [1.807, 2.05) is 0 Å². The Kier molecular flexibility index (Phi) is 9.53. The largest absolute Gasteiger partial charge is 0.496 e. The van der Waals surface area contributed by atoms with Crippen molar-refractivity contribution in [1.82, 2.24) is 0 Å². The Labute approximate surface area is 177 Å². The lowest BCUT2D eigenvalue weighted by Crippen LogP contribution is -2.10. The second-order valence-corrected chi connectivity index (χ2v) is 7.95. The molecular weight excluding hydrogens is 360 g/mol. The topological polar surface area (TPSA) is 38.7 Å². The molecule has 0 saturated heterocycles. The summed E-state index contributed by atoms with van der Waals surface area (Å²) in [4.78, 5) is 0. The van der Waals surface area contributed by atoms with E-state index >= 15 is 0 Å². The zero-order chi connectivity index (χ0) is 21.2. The van der Waals surface area contributed by atoms with E-state index in [0.717, 1.165) is 41.9 Å². The normalized spacial score (nSPS) is 12.1. The molecule has 2 aromatic carbocycles. The van der Waals surface area contributed by atoms with Crippen LogP contribution in [-0.2, 0) is 0 Å². The van der Waals surface area contributed by atoms with Crippen molar-refractivity contribution < 1.29 is 14.6 Å². The van der Waals surface area contributed by atoms with E-state index in [1.165, 1.54) is 42.4 Å². The zero-order valence-corrected chi connectivity index (χ0v) is 18.9. The van der Waals surface area contributed by atoms with Crippen molar-refractivity contribution in [2.45, 2.75) is 71.6 Å². The first-order valence-corrected chi connectivity index (χ1v) is 10.9. The van der Waals surface area contributed by atoms with Gasteiger partial charge in [0.2, 0.25) is 0 Å². The molecule has 2 aromatic rings. The lowest BCUT2D eigenvalue weighted by molar-refractivity contribution is 0.282. The van der Waals surface area contributed by atoms with Crippen molar-refractivity contribution >= 4 is 0 Å². The van der Waals surface area contributed by atoms with Gasteiger partial charge in [0.05, 0.1) is 14.2 Å². The first-order valence-electron chi connectivity index (χ1n) is 10.9. The third-order valence-corrected chi connectivity index (χ3v) is 6.09. The Morgan fingerprint density at radius 2 is 1.28 bits per heavy atom. The van der Waals surface area contributed by atoms with Gasteiger partial charge < -0.3 is 14.6 Å². The third kappa shape index (κ3) is 5.76. The van der Waals surface area contributed by atoms with Gasteiger partial charge in [-0.25, -0.2) is 0 Å². The van der Waals surface area contributed by atoms with Gasteiger partial charge in [0, 0.05) is 18.1 Å². The number of hydrogen-bond acceptors (Lipinski definition) is 3. The van der Waals surface area contributed by atoms with Gasteiger partial charge >= 0.3 is 0 Å². The number of rotatable bonds is 12. The molecule has 3 heteroatoms. The number of aliphatic hydroxyl groups is 1. The molecule has 3 nitrogen and oxygen atoms in total. The molecule has 0 heterocycles. The van der Waals surface area contributed by atoms with E-state index < -0.39 is 0 Å². The number of hydrogen-bond donors (Lipinski definition) is 1. The fourth-order valence-electron chi connectivity index (χ4n) is 4.44. The van der Waals surface area contributed by atoms with Crippen LogP contribution < -0.4 is 9.47 Å². The highest BCUT2D eigenvalue weighted by atomic mass is 16.5. The molecule has 1 N–H and O–H groups in total. The minimum absolute atomic E-state index is 0.289. The van der Waals surface area contributed by atoms with Crippen LogP contribution in [0.3, 0.4) is 0 Å². The summed E-state index contributed by atoms with van der Waals surface area (Å²) in [7, 11) is 3.54. The summed E-state index contributed by atoms with van der Waals surface area (Å²) in [5.74, 6) is 2.26. The Morgan fingerprint density at radius 1 is 0.724 bits per heavy atom. The maximum absolute atomic E-state index is 8.93. The standard InChI is InChI=1S/C26H38O3/c1-19-20(2)26(29-5)24(21(3)25(19)28-4)23(22-15-11-10-12-16-22)17-13-8-6-7-9-14-18-27/h10-12,15-16,23,27H,6-9,13-14,17-18H2,1-5H3. The molecule has 1 unspecified atom stereocenters. The molecule has 0 aromatic heterocycles. The van der Waals surface area contributed by atoms with Crippen LogP contribution in [0.1, 0.15) is 78.7 Å². The predicted octanol–water partition coefficient (Wildman–Crippen LogP) is 6.48. The van der Waals surface area contributed by atoms with Gasteiger partial charge in [-0.3, -0.25) is 0 Å². The van der Waals surface area contributed by atoms with Crippen LogP contribution >= 0.6 is 0 Å². The molecule has 1 atom stereocenters. The molecule has 2 rings (SSSR count). The summed E-state index contributed by atoms with van der Waals surface area (Å²) in [5, 5.41) is 8.93. The van der Waals surface area contributed by atoms with Crippen molar-refractivity contribution in [3.05, 3.63) is 58.1 Å². The van der Waals surface area contributed by atoms with Gasteiger partial charge in [-0.2, -0.15) is 0 Å². The first-order chi connectivity index (χ1) is 14.1. The van der Waals surface area contributed by atoms with Crippen molar-refractivity contribution in [2.24, 2.45) is 0 Å². The number of aliphatic hydroxyl groups excluding tert-OH is 1. The molecule has 160 valence electrons. The lowest BCUT2D eigenvalue weighted by Gasteiger charge is -2.27. The molecule has 0 bridgehead atoms. The number of benzene rings is 2. The number of unbranched alkanes of at least 4 members (excludes halogenated alkanes) is 5. The van der Waals surface area contributed by atoms with E-state index in [9.17, 15) is 0 Å². The molecule has 0 amide bonds. The molecule has 0 spiro atoms. The lowest BCUT2D eigenvalue weighted by atomic mass is 9.81. The summed E-state index contributed by atoms with van der Waals surface area (Å²) in [6.45, 7) is 6.71.